The molecule has 2 aliphatic rings. The van der Waals surface area contributed by atoms with Crippen molar-refractivity contribution in [2.45, 2.75) is 64.8 Å². The number of aryl methyl sites for hydroxylation is 1. The minimum atomic E-state index is 0.640. The van der Waals surface area contributed by atoms with Gasteiger partial charge in [0.2, 0.25) is 0 Å². The maximum atomic E-state index is 4.32. The Morgan fingerprint density at radius 1 is 1.12 bits per heavy atom. The lowest BCUT2D eigenvalue weighted by atomic mass is 9.81. The van der Waals surface area contributed by atoms with Gasteiger partial charge in [0.15, 0.2) is 0 Å². The van der Waals surface area contributed by atoms with Gasteiger partial charge in [-0.2, -0.15) is 0 Å². The van der Waals surface area contributed by atoms with E-state index in [0.29, 0.717) is 5.92 Å². The van der Waals surface area contributed by atoms with Crippen LogP contribution in [0.3, 0.4) is 0 Å². The van der Waals surface area contributed by atoms with Crippen LogP contribution in [0.15, 0.2) is 48.6 Å². The highest BCUT2D eigenvalue weighted by Gasteiger charge is 2.28. The molecule has 34 heavy (non-hydrogen) atoms. The average molecular weight is 472 g/mol. The number of fused-ring (bicyclic) bond motifs is 5. The third-order valence-corrected chi connectivity index (χ3v) is 8.11. The molecule has 0 saturated heterocycles. The van der Waals surface area contributed by atoms with Crippen LogP contribution in [0.25, 0.3) is 33.9 Å². The minimum absolute atomic E-state index is 0.640. The molecule has 1 fully saturated rings. The molecule has 4 heteroatoms. The lowest BCUT2D eigenvalue weighted by Gasteiger charge is -2.24. The Morgan fingerprint density at radius 3 is 2.65 bits per heavy atom. The Morgan fingerprint density at radius 2 is 1.91 bits per heavy atom. The SMILES string of the molecule is C=C(NSN(C)C)c1ccc2c(C3CCCCC3)c3n(c2c1)CC(C)=Cc1cc(CC)ccc1-3. The molecule has 0 atom stereocenters. The highest BCUT2D eigenvalue weighted by Crippen LogP contribution is 2.46. The summed E-state index contributed by atoms with van der Waals surface area (Å²) < 4.78 is 8.03. The highest BCUT2D eigenvalue weighted by molar-refractivity contribution is 7.95. The maximum Gasteiger partial charge on any atom is 0.0535 e. The van der Waals surface area contributed by atoms with Crippen molar-refractivity contribution < 1.29 is 0 Å². The van der Waals surface area contributed by atoms with Gasteiger partial charge >= 0.3 is 0 Å². The number of allylic oxidation sites excluding steroid dienone is 1. The first kappa shape index (κ1) is 23.3. The second-order valence-corrected chi connectivity index (χ2v) is 11.3. The molecule has 3 nitrogen and oxygen atoms in total. The van der Waals surface area contributed by atoms with Gasteiger partial charge < -0.3 is 9.29 Å². The van der Waals surface area contributed by atoms with Crippen molar-refractivity contribution in [3.8, 4) is 11.3 Å². The van der Waals surface area contributed by atoms with E-state index < -0.39 is 0 Å². The molecule has 0 unspecified atom stereocenters. The van der Waals surface area contributed by atoms with Gasteiger partial charge in [-0.05, 0) is 74.5 Å². The number of nitrogens with zero attached hydrogens (tertiary/aromatic N) is 2. The van der Waals surface area contributed by atoms with Crippen LogP contribution >= 0.6 is 12.1 Å². The normalized spacial score (nSPS) is 16.2. The molecule has 3 aromatic rings. The summed E-state index contributed by atoms with van der Waals surface area (Å²) in [5.74, 6) is 0.640. The summed E-state index contributed by atoms with van der Waals surface area (Å²) in [5.41, 5.74) is 12.1. The molecule has 1 aliphatic carbocycles. The standard InChI is InChI=1S/C30H37N3S/c1-6-22-12-14-26-25(17-22)16-20(2)19-33-28-18-24(21(3)31-34-32(4)5)13-15-27(28)29(30(26)33)23-10-8-7-9-11-23/h12-18,23,31H,3,6-11,19H2,1-2,4-5H3. The molecule has 1 saturated carbocycles. The molecular formula is C30H37N3S. The molecule has 0 amide bonds. The van der Waals surface area contributed by atoms with Crippen LogP contribution in [-0.2, 0) is 13.0 Å². The van der Waals surface area contributed by atoms with Gasteiger partial charge in [-0.15, -0.1) is 0 Å². The van der Waals surface area contributed by atoms with E-state index in [1.54, 1.807) is 17.7 Å². The van der Waals surface area contributed by atoms with Crippen molar-refractivity contribution in [2.24, 2.45) is 0 Å². The van der Waals surface area contributed by atoms with E-state index in [4.69, 9.17) is 0 Å². The molecular weight excluding hydrogens is 434 g/mol. The van der Waals surface area contributed by atoms with Crippen LogP contribution in [0.4, 0.5) is 0 Å². The van der Waals surface area contributed by atoms with Crippen molar-refractivity contribution in [1.29, 1.82) is 0 Å². The Hall–Kier alpha value is -2.43. The number of hydrogen-bond acceptors (Lipinski definition) is 3. The summed E-state index contributed by atoms with van der Waals surface area (Å²) in [5, 5.41) is 1.43. The largest absolute Gasteiger partial charge is 0.336 e. The summed E-state index contributed by atoms with van der Waals surface area (Å²) in [7, 11) is 4.07. The topological polar surface area (TPSA) is 20.2 Å². The predicted molar refractivity (Wildman–Crippen MR) is 150 cm³/mol. The van der Waals surface area contributed by atoms with Gasteiger partial charge in [-0.1, -0.05) is 74.7 Å². The predicted octanol–water partition coefficient (Wildman–Crippen LogP) is 8.02. The second kappa shape index (κ2) is 9.67. The first-order chi connectivity index (χ1) is 16.5. The zero-order valence-electron chi connectivity index (χ0n) is 21.1. The summed E-state index contributed by atoms with van der Waals surface area (Å²) in [6.07, 6.45) is 10.2. The maximum absolute atomic E-state index is 4.32. The summed E-state index contributed by atoms with van der Waals surface area (Å²) in [6.45, 7) is 9.78. The van der Waals surface area contributed by atoms with Crippen LogP contribution in [-0.4, -0.2) is 23.0 Å². The fourth-order valence-electron chi connectivity index (χ4n) is 5.76. The molecule has 2 aromatic carbocycles. The van der Waals surface area contributed by atoms with E-state index >= 15 is 0 Å². The van der Waals surface area contributed by atoms with Crippen LogP contribution in [0.2, 0.25) is 0 Å². The number of rotatable bonds is 6. The summed E-state index contributed by atoms with van der Waals surface area (Å²) in [6, 6.07) is 14.1. The monoisotopic (exact) mass is 471 g/mol. The van der Waals surface area contributed by atoms with E-state index in [2.05, 4.69) is 72.2 Å². The third-order valence-electron chi connectivity index (χ3n) is 7.41. The van der Waals surface area contributed by atoms with Gasteiger partial charge in [-0.25, -0.2) is 4.31 Å². The van der Waals surface area contributed by atoms with Crippen LogP contribution in [0.1, 0.15) is 74.1 Å². The second-order valence-electron chi connectivity index (χ2n) is 10.2. The molecule has 1 aromatic heterocycles. The molecule has 0 spiro atoms. The van der Waals surface area contributed by atoms with Crippen LogP contribution < -0.4 is 4.72 Å². The average Bonchev–Trinajstić information content (AvgIpc) is 3.07. The van der Waals surface area contributed by atoms with Crippen molar-refractivity contribution in [2.75, 3.05) is 14.1 Å². The Bertz CT molecular complexity index is 1260. The van der Waals surface area contributed by atoms with Crippen LogP contribution in [0, 0.1) is 0 Å². The van der Waals surface area contributed by atoms with Gasteiger partial charge in [-0.3, -0.25) is 0 Å². The summed E-state index contributed by atoms with van der Waals surface area (Å²) >= 11 is 1.56. The molecule has 1 aliphatic heterocycles. The summed E-state index contributed by atoms with van der Waals surface area (Å²) in [4.78, 5) is 0. The van der Waals surface area contributed by atoms with Crippen molar-refractivity contribution in [3.05, 3.63) is 70.8 Å². The third kappa shape index (κ3) is 4.34. The van der Waals surface area contributed by atoms with Gasteiger partial charge in [0, 0.05) is 40.8 Å². The van der Waals surface area contributed by atoms with E-state index in [9.17, 15) is 0 Å². The lowest BCUT2D eigenvalue weighted by molar-refractivity contribution is 0.445. The number of benzene rings is 2. The molecule has 5 rings (SSSR count). The van der Waals surface area contributed by atoms with E-state index in [1.165, 1.54) is 71.0 Å². The van der Waals surface area contributed by atoms with Gasteiger partial charge in [0.05, 0.1) is 5.69 Å². The van der Waals surface area contributed by atoms with E-state index in [-0.39, 0.29) is 0 Å². The molecule has 2 heterocycles. The fourth-order valence-corrected chi connectivity index (χ4v) is 6.17. The molecule has 0 radical (unpaired) electrons. The molecule has 1 N–H and O–H groups in total. The number of nitrogens with one attached hydrogen (secondary N) is 1. The zero-order chi connectivity index (χ0) is 23.8. The number of hydrogen-bond donors (Lipinski definition) is 1. The smallest absolute Gasteiger partial charge is 0.0535 e. The quantitative estimate of drug-likeness (QED) is 0.368. The lowest BCUT2D eigenvalue weighted by Crippen LogP contribution is -2.11. The Labute approximate surface area is 209 Å². The fraction of sp³-hybridized carbons (Fsp3) is 0.400. The van der Waals surface area contributed by atoms with Crippen molar-refractivity contribution >= 4 is 34.8 Å². The molecule has 0 bridgehead atoms. The number of aromatic nitrogens is 1. The van der Waals surface area contributed by atoms with Crippen LogP contribution in [0.5, 0.6) is 0 Å². The zero-order valence-corrected chi connectivity index (χ0v) is 21.9. The Balaban J connectivity index is 1.73. The Kier molecular flexibility index (Phi) is 6.63. The minimum Gasteiger partial charge on any atom is -0.336 e. The first-order valence-electron chi connectivity index (χ1n) is 12.7. The van der Waals surface area contributed by atoms with E-state index in [0.717, 1.165) is 24.2 Å². The van der Waals surface area contributed by atoms with Crippen molar-refractivity contribution in [3.63, 3.8) is 0 Å². The molecule has 178 valence electrons. The van der Waals surface area contributed by atoms with Gasteiger partial charge in [0.25, 0.3) is 0 Å². The first-order valence-corrected chi connectivity index (χ1v) is 13.5. The van der Waals surface area contributed by atoms with E-state index in [1.807, 2.05) is 18.4 Å². The highest BCUT2D eigenvalue weighted by atomic mass is 32.2. The van der Waals surface area contributed by atoms with Crippen molar-refractivity contribution in [1.82, 2.24) is 13.6 Å². The van der Waals surface area contributed by atoms with Gasteiger partial charge in [0.1, 0.15) is 0 Å².